The number of halogens is 1. The highest BCUT2D eigenvalue weighted by Crippen LogP contribution is 2.68. The molecule has 2 saturated carbocycles. The maximum atomic E-state index is 14.6. The maximum Gasteiger partial charge on any atom is 0.159 e. The summed E-state index contributed by atoms with van der Waals surface area (Å²) in [5.41, 5.74) is 0.837. The van der Waals surface area contributed by atoms with E-state index in [-0.39, 0.29) is 6.54 Å². The molecule has 7 nitrogen and oxygen atoms in total. The van der Waals surface area contributed by atoms with Gasteiger partial charge in [0.1, 0.15) is 18.3 Å². The van der Waals surface area contributed by atoms with Crippen LogP contribution in [0.5, 0.6) is 0 Å². The molecule has 170 valence electrons. The topological polar surface area (TPSA) is 90.9 Å². The molecule has 1 N–H and O–H groups in total. The van der Waals surface area contributed by atoms with Gasteiger partial charge in [-0.3, -0.25) is 0 Å². The van der Waals surface area contributed by atoms with E-state index in [9.17, 15) is 14.8 Å². The summed E-state index contributed by atoms with van der Waals surface area (Å²) in [6.45, 7) is 3.86. The molecule has 2 atom stereocenters. The van der Waals surface area contributed by atoms with Gasteiger partial charge in [-0.25, -0.2) is 19.0 Å². The van der Waals surface area contributed by atoms with Crippen molar-refractivity contribution in [3.05, 3.63) is 42.4 Å². The van der Waals surface area contributed by atoms with Gasteiger partial charge in [0.2, 0.25) is 0 Å². The van der Waals surface area contributed by atoms with E-state index >= 15 is 0 Å². The number of aliphatic hydroxyl groups is 1. The monoisotopic (exact) mass is 446 g/mol. The lowest BCUT2D eigenvalue weighted by molar-refractivity contribution is -0.000243. The van der Waals surface area contributed by atoms with Crippen LogP contribution in [0.4, 0.5) is 10.2 Å². The molecule has 3 aliphatic rings. The van der Waals surface area contributed by atoms with Gasteiger partial charge in [0, 0.05) is 23.9 Å². The van der Waals surface area contributed by atoms with Crippen LogP contribution in [0.1, 0.15) is 45.1 Å². The van der Waals surface area contributed by atoms with Crippen molar-refractivity contribution >= 4 is 16.7 Å². The zero-order chi connectivity index (χ0) is 23.0. The van der Waals surface area contributed by atoms with Crippen molar-refractivity contribution in [2.24, 2.45) is 11.3 Å². The second-order valence-electron chi connectivity index (χ2n) is 10.8. The number of rotatable bonds is 4. The average molecular weight is 447 g/mol. The Kier molecular flexibility index (Phi) is 4.19. The van der Waals surface area contributed by atoms with Gasteiger partial charge >= 0.3 is 0 Å². The third kappa shape index (κ3) is 3.21. The minimum atomic E-state index is -1.13. The molecule has 1 saturated heterocycles. The highest BCUT2D eigenvalue weighted by atomic mass is 19.1. The lowest BCUT2D eigenvalue weighted by Gasteiger charge is -2.44. The van der Waals surface area contributed by atoms with Crippen LogP contribution in [0.2, 0.25) is 0 Å². The molecule has 33 heavy (non-hydrogen) atoms. The fourth-order valence-corrected chi connectivity index (χ4v) is 5.85. The van der Waals surface area contributed by atoms with Crippen molar-refractivity contribution in [3.63, 3.8) is 0 Å². The largest absolute Gasteiger partial charge is 0.390 e. The Morgan fingerprint density at radius 3 is 2.58 bits per heavy atom. The molecule has 0 unspecified atom stereocenters. The number of nitrogens with zero attached hydrogens (tertiary/aromatic N) is 6. The predicted octanol–water partition coefficient (Wildman–Crippen LogP) is 3.70. The summed E-state index contributed by atoms with van der Waals surface area (Å²) in [5.74, 6) is 0.716. The smallest absolute Gasteiger partial charge is 0.159 e. The van der Waals surface area contributed by atoms with E-state index in [1.807, 2.05) is 11.0 Å². The molecule has 2 aliphatic carbocycles. The fourth-order valence-electron chi connectivity index (χ4n) is 5.85. The minimum absolute atomic E-state index is 0.182. The van der Waals surface area contributed by atoms with E-state index < -0.39 is 23.1 Å². The molecule has 1 spiro atoms. The van der Waals surface area contributed by atoms with Gasteiger partial charge in [-0.15, -0.1) is 0 Å². The number of alkyl halides is 1. The Hall–Kier alpha value is -3.05. The van der Waals surface area contributed by atoms with E-state index in [1.54, 1.807) is 30.8 Å². The molecule has 1 aliphatic heterocycles. The molecule has 3 heterocycles. The van der Waals surface area contributed by atoms with E-state index in [1.165, 1.54) is 19.2 Å². The molecule has 2 aromatic heterocycles. The fraction of sp³-hybridized carbons (Fsp3) is 0.520. The van der Waals surface area contributed by atoms with Gasteiger partial charge in [0.15, 0.2) is 5.82 Å². The zero-order valence-corrected chi connectivity index (χ0v) is 18.9. The van der Waals surface area contributed by atoms with E-state index in [4.69, 9.17) is 0 Å². The van der Waals surface area contributed by atoms with Crippen LogP contribution >= 0.6 is 0 Å². The Labute approximate surface area is 191 Å². The van der Waals surface area contributed by atoms with Crippen LogP contribution < -0.4 is 4.90 Å². The van der Waals surface area contributed by atoms with Gasteiger partial charge in [0.25, 0.3) is 0 Å². The molecular weight excluding hydrogens is 419 g/mol. The molecule has 3 fully saturated rings. The van der Waals surface area contributed by atoms with Crippen molar-refractivity contribution in [1.29, 1.82) is 5.26 Å². The first kappa shape index (κ1) is 20.5. The molecule has 0 bridgehead atoms. The first-order valence-corrected chi connectivity index (χ1v) is 11.6. The first-order chi connectivity index (χ1) is 15.7. The number of benzene rings is 1. The van der Waals surface area contributed by atoms with Crippen molar-refractivity contribution < 1.29 is 9.50 Å². The standard InChI is InChI=1S/C25H27FN6O/c1-23(2,33)18-10-31(11-19(18)26)21-8-22(29-15-28-21)32-20-7-17(4-3-16(20)9-30-32)25(14-27)12-24(13-25)5-6-24/h3-4,7-9,15,18-19,33H,5-6,10-13H2,1-2H3/t18-,19+/m0/s1. The highest BCUT2D eigenvalue weighted by Gasteiger charge is 2.62. The van der Waals surface area contributed by atoms with Crippen LogP contribution in [-0.2, 0) is 5.41 Å². The molecule has 0 amide bonds. The first-order valence-electron chi connectivity index (χ1n) is 11.6. The third-order valence-corrected chi connectivity index (χ3v) is 7.98. The van der Waals surface area contributed by atoms with E-state index in [0.717, 1.165) is 29.3 Å². The molecule has 0 radical (unpaired) electrons. The summed E-state index contributed by atoms with van der Waals surface area (Å²) >= 11 is 0. The zero-order valence-electron chi connectivity index (χ0n) is 18.9. The van der Waals surface area contributed by atoms with Gasteiger partial charge < -0.3 is 10.0 Å². The number of nitriles is 1. The number of fused-ring (bicyclic) bond motifs is 1. The summed E-state index contributed by atoms with van der Waals surface area (Å²) < 4.78 is 16.4. The second kappa shape index (κ2) is 6.73. The third-order valence-electron chi connectivity index (χ3n) is 7.98. The lowest BCUT2D eigenvalue weighted by Crippen LogP contribution is -2.41. The summed E-state index contributed by atoms with van der Waals surface area (Å²) in [7, 11) is 0. The number of anilines is 1. The number of hydrogen-bond donors (Lipinski definition) is 1. The van der Waals surface area contributed by atoms with Crippen LogP contribution in [0.15, 0.2) is 36.8 Å². The van der Waals surface area contributed by atoms with Crippen molar-refractivity contribution in [3.8, 4) is 11.9 Å². The normalized spacial score (nSPS) is 25.2. The van der Waals surface area contributed by atoms with Gasteiger partial charge in [-0.2, -0.15) is 10.4 Å². The van der Waals surface area contributed by atoms with Crippen LogP contribution in [0.25, 0.3) is 16.7 Å². The Morgan fingerprint density at radius 2 is 1.91 bits per heavy atom. The van der Waals surface area contributed by atoms with Crippen molar-refractivity contribution in [2.75, 3.05) is 18.0 Å². The van der Waals surface area contributed by atoms with Gasteiger partial charge in [0.05, 0.1) is 35.3 Å². The van der Waals surface area contributed by atoms with Crippen molar-refractivity contribution in [1.82, 2.24) is 19.7 Å². The van der Waals surface area contributed by atoms with Crippen molar-refractivity contribution in [2.45, 2.75) is 56.7 Å². The molecule has 6 rings (SSSR count). The van der Waals surface area contributed by atoms with Crippen LogP contribution in [0.3, 0.4) is 0 Å². The van der Waals surface area contributed by atoms with Crippen LogP contribution in [-0.4, -0.2) is 49.7 Å². The SMILES string of the molecule is CC(C)(O)[C@H]1CN(c2cc(-n3ncc4ccc(C5(C#N)CC6(CC6)C5)cc43)ncn2)C[C@H]1F. The number of aromatic nitrogens is 4. The van der Waals surface area contributed by atoms with Crippen LogP contribution in [0, 0.1) is 22.7 Å². The van der Waals surface area contributed by atoms with E-state index in [2.05, 4.69) is 33.3 Å². The van der Waals surface area contributed by atoms with E-state index in [0.29, 0.717) is 23.6 Å². The maximum absolute atomic E-state index is 14.6. The summed E-state index contributed by atoms with van der Waals surface area (Å²) in [6.07, 6.45) is 6.49. The summed E-state index contributed by atoms with van der Waals surface area (Å²) in [6, 6.07) is 10.5. The number of hydrogen-bond acceptors (Lipinski definition) is 6. The Bertz CT molecular complexity index is 1280. The summed E-state index contributed by atoms with van der Waals surface area (Å²) in [4.78, 5) is 10.6. The average Bonchev–Trinajstić information content (AvgIpc) is 3.26. The van der Waals surface area contributed by atoms with Gasteiger partial charge in [-0.1, -0.05) is 12.1 Å². The quantitative estimate of drug-likeness (QED) is 0.657. The molecule has 1 aromatic carbocycles. The molecular formula is C25H27FN6O. The minimum Gasteiger partial charge on any atom is -0.390 e. The molecule has 3 aromatic rings. The highest BCUT2D eigenvalue weighted by molar-refractivity contribution is 5.81. The van der Waals surface area contributed by atoms with Gasteiger partial charge in [-0.05, 0) is 56.6 Å². The lowest BCUT2D eigenvalue weighted by atomic mass is 9.57. The Morgan fingerprint density at radius 1 is 1.15 bits per heavy atom. The Balaban J connectivity index is 1.34. The molecule has 8 heteroatoms. The second-order valence-corrected chi connectivity index (χ2v) is 10.8. The predicted molar refractivity (Wildman–Crippen MR) is 122 cm³/mol. The summed E-state index contributed by atoms with van der Waals surface area (Å²) in [5, 5.41) is 25.8.